The topological polar surface area (TPSA) is 97.6 Å². The molecule has 3 aromatic carbocycles. The molecule has 0 radical (unpaired) electrons. The van der Waals surface area contributed by atoms with Gasteiger partial charge in [0.25, 0.3) is 5.56 Å². The van der Waals surface area contributed by atoms with Crippen molar-refractivity contribution >= 4 is 46.6 Å². The molecule has 4 aromatic rings. The summed E-state index contributed by atoms with van der Waals surface area (Å²) in [5.74, 6) is 1.54. The fourth-order valence-corrected chi connectivity index (χ4v) is 6.90. The normalized spacial score (nSPS) is 14.3. The van der Waals surface area contributed by atoms with Crippen molar-refractivity contribution in [2.24, 2.45) is 4.99 Å². The highest BCUT2D eigenvalue weighted by Crippen LogP contribution is 2.39. The minimum Gasteiger partial charge on any atom is -0.497 e. The number of fused-ring (bicyclic) bond motifs is 1. The number of methoxy groups -OCH3 is 2. The zero-order valence-corrected chi connectivity index (χ0v) is 29.6. The van der Waals surface area contributed by atoms with Crippen molar-refractivity contribution in [2.75, 3.05) is 27.4 Å². The summed E-state index contributed by atoms with van der Waals surface area (Å²) in [6.45, 7) is 6.42. The van der Waals surface area contributed by atoms with E-state index >= 15 is 0 Å². The summed E-state index contributed by atoms with van der Waals surface area (Å²) in [4.78, 5) is 33.2. The van der Waals surface area contributed by atoms with E-state index in [0.29, 0.717) is 72.2 Å². The molecule has 0 spiro atoms. The molecule has 0 N–H and O–H groups in total. The fourth-order valence-electron chi connectivity index (χ4n) is 5.42. The van der Waals surface area contributed by atoms with Crippen molar-refractivity contribution in [1.29, 1.82) is 0 Å². The van der Waals surface area contributed by atoms with Crippen molar-refractivity contribution in [1.82, 2.24) is 4.57 Å². The summed E-state index contributed by atoms with van der Waals surface area (Å²) in [6.07, 6.45) is 3.03. The zero-order chi connectivity index (χ0) is 34.4. The molecule has 0 saturated carbocycles. The molecule has 12 heteroatoms. The summed E-state index contributed by atoms with van der Waals surface area (Å²) in [5.41, 5.74) is 2.62. The lowest BCUT2D eigenvalue weighted by atomic mass is 9.93. The lowest BCUT2D eigenvalue weighted by molar-refractivity contribution is -0.139. The Bertz CT molecular complexity index is 2040. The molecule has 1 aliphatic heterocycles. The van der Waals surface area contributed by atoms with Crippen LogP contribution in [-0.4, -0.2) is 38.0 Å². The molecule has 0 bridgehead atoms. The van der Waals surface area contributed by atoms with Gasteiger partial charge in [-0.1, -0.05) is 60.0 Å². The first-order valence-electron chi connectivity index (χ1n) is 15.5. The number of carbonyl (C=O) groups is 1. The van der Waals surface area contributed by atoms with Gasteiger partial charge in [-0.15, -0.1) is 0 Å². The monoisotopic (exact) mass is 710 g/mol. The molecule has 48 heavy (non-hydrogen) atoms. The highest BCUT2D eigenvalue weighted by Gasteiger charge is 2.36. The minimum absolute atomic E-state index is 0.169. The summed E-state index contributed by atoms with van der Waals surface area (Å²) in [5, 5.41) is 1.05. The van der Waals surface area contributed by atoms with Crippen molar-refractivity contribution in [3.05, 3.63) is 112 Å². The van der Waals surface area contributed by atoms with E-state index in [1.165, 1.54) is 15.9 Å². The second-order valence-corrected chi connectivity index (χ2v) is 12.5. The second kappa shape index (κ2) is 15.8. The van der Waals surface area contributed by atoms with Crippen LogP contribution in [0, 0.1) is 0 Å². The Kier molecular flexibility index (Phi) is 11.5. The number of carbonyl (C=O) groups excluding carboxylic acids is 1. The van der Waals surface area contributed by atoms with E-state index in [-0.39, 0.29) is 18.8 Å². The number of hydrogen-bond acceptors (Lipinski definition) is 9. The number of esters is 1. The quantitative estimate of drug-likeness (QED) is 0.140. The van der Waals surface area contributed by atoms with E-state index in [9.17, 15) is 9.59 Å². The van der Waals surface area contributed by atoms with Crippen molar-refractivity contribution in [2.45, 2.75) is 46.3 Å². The van der Waals surface area contributed by atoms with Gasteiger partial charge < -0.3 is 23.7 Å². The molecule has 0 aliphatic carbocycles. The molecule has 252 valence electrons. The summed E-state index contributed by atoms with van der Waals surface area (Å²) >= 11 is 13.6. The molecule has 5 rings (SSSR count). The Balaban J connectivity index is 1.63. The van der Waals surface area contributed by atoms with Crippen LogP contribution in [0.3, 0.4) is 0 Å². The van der Waals surface area contributed by atoms with Gasteiger partial charge in [-0.05, 0) is 74.4 Å². The van der Waals surface area contributed by atoms with Crippen LogP contribution in [0.4, 0.5) is 0 Å². The number of halogens is 2. The Morgan fingerprint density at radius 3 is 2.42 bits per heavy atom. The van der Waals surface area contributed by atoms with Crippen molar-refractivity contribution < 1.29 is 28.5 Å². The highest BCUT2D eigenvalue weighted by molar-refractivity contribution is 7.07. The molecule has 1 atom stereocenters. The molecule has 0 fully saturated rings. The number of thiazole rings is 1. The summed E-state index contributed by atoms with van der Waals surface area (Å²) in [6, 6.07) is 15.1. The van der Waals surface area contributed by atoms with Crippen LogP contribution in [0.1, 0.15) is 56.3 Å². The van der Waals surface area contributed by atoms with Crippen LogP contribution in [0.5, 0.6) is 23.0 Å². The molecule has 2 heterocycles. The minimum atomic E-state index is -0.858. The van der Waals surface area contributed by atoms with E-state index in [2.05, 4.69) is 0 Å². The molecule has 0 amide bonds. The van der Waals surface area contributed by atoms with Crippen molar-refractivity contribution in [3.8, 4) is 23.0 Å². The van der Waals surface area contributed by atoms with E-state index in [0.717, 1.165) is 17.5 Å². The average Bonchev–Trinajstić information content (AvgIpc) is 3.38. The number of benzene rings is 3. The van der Waals surface area contributed by atoms with Crippen LogP contribution >= 0.6 is 34.5 Å². The van der Waals surface area contributed by atoms with Gasteiger partial charge in [-0.3, -0.25) is 9.36 Å². The van der Waals surface area contributed by atoms with E-state index in [4.69, 9.17) is 51.9 Å². The number of nitrogens with zero attached hydrogens (tertiary/aromatic N) is 2. The van der Waals surface area contributed by atoms with Gasteiger partial charge in [-0.25, -0.2) is 9.79 Å². The maximum atomic E-state index is 14.3. The molecule has 1 aromatic heterocycles. The molecule has 9 nitrogen and oxygen atoms in total. The van der Waals surface area contributed by atoms with Gasteiger partial charge in [0.2, 0.25) is 0 Å². The van der Waals surface area contributed by atoms with Crippen LogP contribution in [-0.2, 0) is 16.1 Å². The highest BCUT2D eigenvalue weighted by atomic mass is 35.5. The second-order valence-electron chi connectivity index (χ2n) is 10.7. The maximum absolute atomic E-state index is 14.3. The van der Waals surface area contributed by atoms with E-state index < -0.39 is 12.0 Å². The van der Waals surface area contributed by atoms with Gasteiger partial charge in [0, 0.05) is 21.2 Å². The smallest absolute Gasteiger partial charge is 0.338 e. The number of allylic oxidation sites excluding steroid dienone is 1. The molecule has 0 unspecified atom stereocenters. The largest absolute Gasteiger partial charge is 0.497 e. The van der Waals surface area contributed by atoms with Crippen LogP contribution in [0.2, 0.25) is 10.0 Å². The summed E-state index contributed by atoms with van der Waals surface area (Å²) < 4.78 is 30.7. The summed E-state index contributed by atoms with van der Waals surface area (Å²) in [7, 11) is 3.10. The molecule has 1 aliphatic rings. The predicted molar refractivity (Wildman–Crippen MR) is 188 cm³/mol. The third-order valence-corrected chi connectivity index (χ3v) is 9.16. The van der Waals surface area contributed by atoms with E-state index in [1.807, 2.05) is 32.0 Å². The Morgan fingerprint density at radius 1 is 0.938 bits per heavy atom. The number of ether oxygens (including phenoxy) is 5. The first kappa shape index (κ1) is 35.1. The standard InChI is InChI=1S/C36H36Cl2N2O7S/c1-6-9-27-32(35(42)46-8-3)33(25-19-24(43-4)13-15-28(25)44-5)40-34(41)31(48-36(40)39-27)17-21-10-14-29(30(16-21)45-7-2)47-20-22-11-12-23(37)18-26(22)38/h10-19,33H,6-9,20H2,1-5H3/b31-17-/t33-/m1/s1. The van der Waals surface area contributed by atoms with Gasteiger partial charge in [0.05, 0.1) is 43.2 Å². The Hall–Kier alpha value is -4.25. The average molecular weight is 712 g/mol. The van der Waals surface area contributed by atoms with E-state index in [1.54, 1.807) is 63.6 Å². The van der Waals surface area contributed by atoms with Gasteiger partial charge in [0.15, 0.2) is 16.3 Å². The van der Waals surface area contributed by atoms with Gasteiger partial charge in [0.1, 0.15) is 24.1 Å². The lowest BCUT2D eigenvalue weighted by Gasteiger charge is -2.27. The first-order valence-corrected chi connectivity index (χ1v) is 17.1. The van der Waals surface area contributed by atoms with Gasteiger partial charge in [-0.2, -0.15) is 0 Å². The Labute approximate surface area is 292 Å². The molecular formula is C36H36Cl2N2O7S. The first-order chi connectivity index (χ1) is 23.2. The van der Waals surface area contributed by atoms with Gasteiger partial charge >= 0.3 is 5.97 Å². The lowest BCUT2D eigenvalue weighted by Crippen LogP contribution is -2.40. The predicted octanol–water partition coefficient (Wildman–Crippen LogP) is 6.88. The number of hydrogen-bond donors (Lipinski definition) is 0. The fraction of sp³-hybridized carbons (Fsp3) is 0.306. The third-order valence-electron chi connectivity index (χ3n) is 7.59. The molecular weight excluding hydrogens is 675 g/mol. The number of aromatic nitrogens is 1. The maximum Gasteiger partial charge on any atom is 0.338 e. The zero-order valence-electron chi connectivity index (χ0n) is 27.3. The SMILES string of the molecule is CCCC1=C(C(=O)OCC)[C@@H](c2cc(OC)ccc2OC)n2c(s/c(=C\c3ccc(OCc4ccc(Cl)cc4Cl)c(OCC)c3)c2=O)=N1. The Morgan fingerprint density at radius 2 is 1.73 bits per heavy atom. The van der Waals surface area contributed by atoms with Crippen LogP contribution < -0.4 is 33.8 Å². The van der Waals surface area contributed by atoms with Crippen molar-refractivity contribution in [3.63, 3.8) is 0 Å². The van der Waals surface area contributed by atoms with Crippen LogP contribution in [0.25, 0.3) is 6.08 Å². The number of rotatable bonds is 13. The third kappa shape index (κ3) is 7.41. The van der Waals surface area contributed by atoms with Crippen LogP contribution in [0.15, 0.2) is 75.7 Å². The molecule has 0 saturated heterocycles.